The molecule has 2 rings (SSSR count). The largest absolute Gasteiger partial charge is 0.534 e. The van der Waals surface area contributed by atoms with Crippen LogP contribution in [0.4, 0.5) is 13.2 Å². The van der Waals surface area contributed by atoms with Crippen LogP contribution in [0.5, 0.6) is 0 Å². The summed E-state index contributed by atoms with van der Waals surface area (Å²) in [5, 5.41) is 0. The fourth-order valence-electron chi connectivity index (χ4n) is 4.53. The van der Waals surface area contributed by atoms with Crippen LogP contribution in [-0.4, -0.2) is 13.9 Å². The van der Waals surface area contributed by atoms with Crippen LogP contribution in [0.3, 0.4) is 0 Å². The quantitative estimate of drug-likeness (QED) is 0.383. The molecule has 0 spiro atoms. The lowest BCUT2D eigenvalue weighted by molar-refractivity contribution is -0.0529. The number of fused-ring (bicyclic) bond motifs is 1. The number of hydrogen-bond donors (Lipinski definition) is 0. The molecule has 1 saturated carbocycles. The van der Waals surface area contributed by atoms with Gasteiger partial charge >= 0.3 is 15.6 Å². The average Bonchev–Trinajstić information content (AvgIpc) is 2.77. The van der Waals surface area contributed by atoms with Gasteiger partial charge in [-0.1, -0.05) is 26.3 Å². The van der Waals surface area contributed by atoms with Gasteiger partial charge in [-0.25, -0.2) is 0 Å². The van der Waals surface area contributed by atoms with Crippen molar-refractivity contribution in [2.24, 2.45) is 22.7 Å². The second kappa shape index (κ2) is 5.78. The molecule has 0 aromatic rings. The van der Waals surface area contributed by atoms with Crippen LogP contribution >= 0.6 is 0 Å². The summed E-state index contributed by atoms with van der Waals surface area (Å²) in [6, 6.07) is 0. The minimum Gasteiger partial charge on any atom is -0.381 e. The van der Waals surface area contributed by atoms with Crippen molar-refractivity contribution in [3.63, 3.8) is 0 Å². The summed E-state index contributed by atoms with van der Waals surface area (Å²) in [5.74, 6) is -0.335. The summed E-state index contributed by atoms with van der Waals surface area (Å²) >= 11 is 0. The maximum Gasteiger partial charge on any atom is 0.534 e. The summed E-state index contributed by atoms with van der Waals surface area (Å²) in [6.45, 7) is 11.8. The molecule has 3 atom stereocenters. The second-order valence-electron chi connectivity index (χ2n) is 8.10. The van der Waals surface area contributed by atoms with E-state index >= 15 is 0 Å². The highest BCUT2D eigenvalue weighted by Gasteiger charge is 2.58. The van der Waals surface area contributed by atoms with Crippen LogP contribution < -0.4 is 0 Å². The third kappa shape index (κ3) is 3.37. The average molecular weight is 366 g/mol. The summed E-state index contributed by atoms with van der Waals surface area (Å²) in [7, 11) is -5.64. The molecule has 7 heteroatoms. The Labute approximate surface area is 142 Å². The van der Waals surface area contributed by atoms with Crippen molar-refractivity contribution in [2.75, 3.05) is 0 Å². The van der Waals surface area contributed by atoms with Gasteiger partial charge in [0.15, 0.2) is 0 Å². The molecular weight excluding hydrogens is 341 g/mol. The Morgan fingerprint density at radius 2 is 1.92 bits per heavy atom. The predicted molar refractivity (Wildman–Crippen MR) is 86.3 cm³/mol. The summed E-state index contributed by atoms with van der Waals surface area (Å²) in [6.07, 6.45) is 4.55. The van der Waals surface area contributed by atoms with Crippen LogP contribution in [0.1, 0.15) is 53.4 Å². The minimum atomic E-state index is -5.64. The minimum absolute atomic E-state index is 0.0474. The monoisotopic (exact) mass is 366 g/mol. The predicted octanol–water partition coefficient (Wildman–Crippen LogP) is 5.17. The molecule has 1 fully saturated rings. The van der Waals surface area contributed by atoms with Crippen LogP contribution in [0.15, 0.2) is 24.0 Å². The molecular formula is C17H25F3O3S. The summed E-state index contributed by atoms with van der Waals surface area (Å²) in [4.78, 5) is 0. The first kappa shape index (κ1) is 19.3. The molecule has 0 saturated heterocycles. The number of halogens is 3. The van der Waals surface area contributed by atoms with Gasteiger partial charge in [-0.3, -0.25) is 0 Å². The van der Waals surface area contributed by atoms with Crippen molar-refractivity contribution in [3.8, 4) is 0 Å². The molecule has 0 amide bonds. The number of rotatable bonds is 5. The number of hydrogen-bond acceptors (Lipinski definition) is 3. The summed E-state index contributed by atoms with van der Waals surface area (Å²) < 4.78 is 65.7. The molecule has 138 valence electrons. The number of allylic oxidation sites excluding steroid dienone is 3. The SMILES string of the molecule is C=C(C)CC[C@@H]1C(OS(=O)(=O)C(F)(F)F)=C[C@@]2(C)CCC(C)(C)[C@@H]12. The van der Waals surface area contributed by atoms with Crippen molar-refractivity contribution in [3.05, 3.63) is 24.0 Å². The zero-order chi connectivity index (χ0) is 18.6. The molecule has 0 unspecified atom stereocenters. The second-order valence-corrected chi connectivity index (χ2v) is 9.64. The molecule has 3 nitrogen and oxygen atoms in total. The first-order chi connectivity index (χ1) is 10.7. The van der Waals surface area contributed by atoms with Crippen molar-refractivity contribution >= 4 is 10.1 Å². The van der Waals surface area contributed by atoms with Gasteiger partial charge in [-0.2, -0.15) is 21.6 Å². The van der Waals surface area contributed by atoms with Crippen LogP contribution in [-0.2, 0) is 14.3 Å². The summed E-state index contributed by atoms with van der Waals surface area (Å²) in [5.41, 5.74) is -4.92. The molecule has 0 radical (unpaired) electrons. The molecule has 0 N–H and O–H groups in total. The van der Waals surface area contributed by atoms with Gasteiger partial charge in [0.2, 0.25) is 0 Å². The van der Waals surface area contributed by atoms with Crippen LogP contribution in [0.2, 0.25) is 0 Å². The van der Waals surface area contributed by atoms with Gasteiger partial charge < -0.3 is 4.18 Å². The van der Waals surface area contributed by atoms with Gasteiger partial charge in [0.05, 0.1) is 0 Å². The van der Waals surface area contributed by atoms with E-state index in [9.17, 15) is 21.6 Å². The van der Waals surface area contributed by atoms with E-state index in [2.05, 4.69) is 24.6 Å². The van der Waals surface area contributed by atoms with Crippen molar-refractivity contribution in [2.45, 2.75) is 58.9 Å². The van der Waals surface area contributed by atoms with Crippen molar-refractivity contribution in [1.82, 2.24) is 0 Å². The lowest BCUT2D eigenvalue weighted by Crippen LogP contribution is -2.32. The fraction of sp³-hybridized carbons (Fsp3) is 0.765. The Bertz CT molecular complexity index is 661. The Hall–Kier alpha value is -0.980. The molecule has 0 aromatic carbocycles. The third-order valence-electron chi connectivity index (χ3n) is 5.47. The van der Waals surface area contributed by atoms with E-state index in [-0.39, 0.29) is 28.4 Å². The normalized spacial score (nSPS) is 32.4. The smallest absolute Gasteiger partial charge is 0.381 e. The fourth-order valence-corrected chi connectivity index (χ4v) is 5.05. The Balaban J connectivity index is 2.38. The molecule has 2 aliphatic rings. The van der Waals surface area contributed by atoms with E-state index in [4.69, 9.17) is 0 Å². The molecule has 0 aromatic heterocycles. The lowest BCUT2D eigenvalue weighted by Gasteiger charge is -2.36. The first-order valence-corrected chi connectivity index (χ1v) is 9.48. The van der Waals surface area contributed by atoms with Crippen molar-refractivity contribution in [1.29, 1.82) is 0 Å². The Kier molecular flexibility index (Phi) is 4.66. The van der Waals surface area contributed by atoms with E-state index in [0.717, 1.165) is 18.4 Å². The molecule has 0 aliphatic heterocycles. The topological polar surface area (TPSA) is 43.4 Å². The van der Waals surface area contributed by atoms with Gasteiger partial charge in [0.25, 0.3) is 0 Å². The van der Waals surface area contributed by atoms with Gasteiger partial charge in [-0.15, -0.1) is 6.58 Å². The van der Waals surface area contributed by atoms with Crippen LogP contribution in [0, 0.1) is 22.7 Å². The Morgan fingerprint density at radius 3 is 2.42 bits per heavy atom. The molecule has 24 heavy (non-hydrogen) atoms. The van der Waals surface area contributed by atoms with E-state index in [0.29, 0.717) is 12.8 Å². The Morgan fingerprint density at radius 1 is 1.33 bits per heavy atom. The van der Waals surface area contributed by atoms with Gasteiger partial charge in [-0.05, 0) is 55.4 Å². The van der Waals surface area contributed by atoms with E-state index in [1.54, 1.807) is 6.08 Å². The third-order valence-corrected chi connectivity index (χ3v) is 6.45. The van der Waals surface area contributed by atoms with E-state index < -0.39 is 15.6 Å². The zero-order valence-corrected chi connectivity index (χ0v) is 15.4. The van der Waals surface area contributed by atoms with Gasteiger partial charge in [0, 0.05) is 5.92 Å². The molecule has 0 bridgehead atoms. The lowest BCUT2D eigenvalue weighted by atomic mass is 9.68. The van der Waals surface area contributed by atoms with E-state index in [1.807, 2.05) is 13.8 Å². The highest BCUT2D eigenvalue weighted by molar-refractivity contribution is 7.87. The van der Waals surface area contributed by atoms with Gasteiger partial charge in [0.1, 0.15) is 5.76 Å². The number of alkyl halides is 3. The maximum atomic E-state index is 12.7. The first-order valence-electron chi connectivity index (χ1n) is 8.07. The van der Waals surface area contributed by atoms with Crippen molar-refractivity contribution < 1.29 is 25.8 Å². The van der Waals surface area contributed by atoms with E-state index in [1.165, 1.54) is 0 Å². The molecule has 0 heterocycles. The zero-order valence-electron chi connectivity index (χ0n) is 14.5. The standard InChI is InChI=1S/C17H25F3O3S/c1-11(2)6-7-12-13(23-24(21,22)17(18,19)20)10-16(5)9-8-15(3,4)14(12)16/h10,12,14H,1,6-9H2,2-5H3/t12-,14-,16-/m1/s1. The van der Waals surface area contributed by atoms with Crippen LogP contribution in [0.25, 0.3) is 0 Å². The highest BCUT2D eigenvalue weighted by Crippen LogP contribution is 2.64. The molecule has 2 aliphatic carbocycles. The highest BCUT2D eigenvalue weighted by atomic mass is 32.2. The maximum absolute atomic E-state index is 12.7.